The summed E-state index contributed by atoms with van der Waals surface area (Å²) in [4.78, 5) is 9.90. The molecule has 2 aliphatic heterocycles. The number of methoxy groups -OCH3 is 1. The molecule has 2 fully saturated rings. The van der Waals surface area contributed by atoms with Gasteiger partial charge in [0.25, 0.3) is 6.43 Å². The van der Waals surface area contributed by atoms with Crippen molar-refractivity contribution in [3.05, 3.63) is 36.3 Å². The quantitative estimate of drug-likeness (QED) is 0.361. The lowest BCUT2D eigenvalue weighted by molar-refractivity contribution is -0.0794. The average molecular weight is 538 g/mol. The molecule has 4 aromatic rings. The number of alkyl halides is 3. The molecule has 14 heteroatoms. The Kier molecular flexibility index (Phi) is 5.99. The molecule has 2 aliphatic rings. The number of ether oxygens (including phenoxy) is 2. The number of anilines is 1. The molecule has 0 saturated carbocycles. The van der Waals surface area contributed by atoms with E-state index in [-0.39, 0.29) is 59.3 Å². The first-order chi connectivity index (χ1) is 18.7. The zero-order valence-electron chi connectivity index (χ0n) is 21.2. The predicted octanol–water partition coefficient (Wildman–Crippen LogP) is 3.52. The van der Waals surface area contributed by atoms with E-state index in [2.05, 4.69) is 20.4 Å². The first-order valence-electron chi connectivity index (χ1n) is 12.5. The van der Waals surface area contributed by atoms with Gasteiger partial charge in [-0.25, -0.2) is 31.5 Å². The maximum atomic E-state index is 15.3. The number of aromatic nitrogens is 5. The fourth-order valence-electron chi connectivity index (χ4n) is 4.96. The summed E-state index contributed by atoms with van der Waals surface area (Å²) in [5, 5.41) is 7.22. The number of hydrogen-bond acceptors (Lipinski definition) is 7. The van der Waals surface area contributed by atoms with Gasteiger partial charge in [0.05, 0.1) is 63.9 Å². The molecule has 0 spiro atoms. The molecule has 0 unspecified atom stereocenters. The predicted molar refractivity (Wildman–Crippen MR) is 127 cm³/mol. The summed E-state index contributed by atoms with van der Waals surface area (Å²) in [5.74, 6) is -1.65. The van der Waals surface area contributed by atoms with E-state index >= 15 is 8.78 Å². The molecule has 202 valence electrons. The zero-order valence-corrected chi connectivity index (χ0v) is 20.2. The Bertz CT molecular complexity index is 1540. The summed E-state index contributed by atoms with van der Waals surface area (Å²) in [6, 6.07) is 0.859. The molecule has 38 heavy (non-hydrogen) atoms. The molecule has 0 radical (unpaired) electrons. The van der Waals surface area contributed by atoms with Gasteiger partial charge in [-0.3, -0.25) is 4.90 Å². The van der Waals surface area contributed by atoms with Crippen molar-refractivity contribution in [1.29, 1.82) is 0 Å². The van der Waals surface area contributed by atoms with Crippen molar-refractivity contribution in [2.24, 2.45) is 0 Å². The molecule has 9 nitrogen and oxygen atoms in total. The van der Waals surface area contributed by atoms with E-state index in [0.29, 0.717) is 13.0 Å². The fourth-order valence-corrected chi connectivity index (χ4v) is 4.96. The Labute approximate surface area is 214 Å². The van der Waals surface area contributed by atoms with Crippen molar-refractivity contribution in [3.63, 3.8) is 0 Å². The normalized spacial score (nSPS) is 22.1. The van der Waals surface area contributed by atoms with E-state index in [9.17, 15) is 13.2 Å². The van der Waals surface area contributed by atoms with Crippen LogP contribution in [0.5, 0.6) is 5.88 Å². The molecular formula is C24H24F5N7O2. The van der Waals surface area contributed by atoms with Crippen molar-refractivity contribution >= 4 is 22.5 Å². The molecule has 1 N–H and O–H groups in total. The van der Waals surface area contributed by atoms with Crippen LogP contribution in [0.15, 0.2) is 24.7 Å². The molecule has 1 aromatic carbocycles. The monoisotopic (exact) mass is 538 g/mol. The van der Waals surface area contributed by atoms with Crippen LogP contribution in [0.2, 0.25) is 0 Å². The van der Waals surface area contributed by atoms with Crippen LogP contribution in [0.25, 0.3) is 27.7 Å². The smallest absolute Gasteiger partial charge is 0.256 e. The summed E-state index contributed by atoms with van der Waals surface area (Å²) >= 11 is 0. The van der Waals surface area contributed by atoms with Crippen LogP contribution in [0.1, 0.15) is 7.79 Å². The third-order valence-electron chi connectivity index (χ3n) is 6.89. The van der Waals surface area contributed by atoms with Gasteiger partial charge in [0.15, 0.2) is 11.6 Å². The third kappa shape index (κ3) is 4.30. The van der Waals surface area contributed by atoms with Crippen molar-refractivity contribution in [2.45, 2.75) is 37.6 Å². The minimum absolute atomic E-state index is 0.00814. The molecular weight excluding hydrogens is 513 g/mol. The second-order valence-electron chi connectivity index (χ2n) is 9.26. The lowest BCUT2D eigenvalue weighted by Gasteiger charge is -2.42. The lowest BCUT2D eigenvalue weighted by atomic mass is 10.0. The van der Waals surface area contributed by atoms with Crippen molar-refractivity contribution in [1.82, 2.24) is 29.0 Å². The van der Waals surface area contributed by atoms with Gasteiger partial charge in [0.1, 0.15) is 17.2 Å². The van der Waals surface area contributed by atoms with Crippen molar-refractivity contribution in [2.75, 3.05) is 38.7 Å². The summed E-state index contributed by atoms with van der Waals surface area (Å²) in [6.45, 7) is 0.291. The number of imidazole rings is 1. The van der Waals surface area contributed by atoms with Crippen LogP contribution in [0.3, 0.4) is 0 Å². The second kappa shape index (κ2) is 9.66. The number of likely N-dealkylation sites (tertiary alicyclic amines) is 1. The maximum absolute atomic E-state index is 15.3. The molecule has 0 amide bonds. The maximum Gasteiger partial charge on any atom is 0.256 e. The molecule has 2 saturated heterocycles. The standard InChI is InChI=1S/C24H24F5N7O2/c1-37-23-22-20(12-4-14(25)21-18(5-12)35(11-30-21)8-19(28)29)16(27)7-36(22)33-24(32-23)31-17-2-3-34(6-15(17)26)13-9-38-10-13/h4-5,7,11,13,15,17,19H,2-3,6,8-10H2,1H3,(H,31,33)/t15-,17-/m0/s1/i13D. The number of nitrogens with one attached hydrogen (secondary N) is 1. The van der Waals surface area contributed by atoms with E-state index in [4.69, 9.17) is 10.8 Å². The van der Waals surface area contributed by atoms with Gasteiger partial charge >= 0.3 is 0 Å². The van der Waals surface area contributed by atoms with Gasteiger partial charge in [-0.1, -0.05) is 0 Å². The van der Waals surface area contributed by atoms with Crippen LogP contribution in [0, 0.1) is 11.6 Å². The molecule has 0 bridgehead atoms. The number of nitrogens with zero attached hydrogens (tertiary/aromatic N) is 6. The van der Waals surface area contributed by atoms with Crippen LogP contribution in [-0.4, -0.2) is 87.1 Å². The average Bonchev–Trinajstić information content (AvgIpc) is 3.43. The van der Waals surface area contributed by atoms with Crippen molar-refractivity contribution < 1.29 is 32.8 Å². The Hall–Kier alpha value is -3.52. The van der Waals surface area contributed by atoms with Crippen molar-refractivity contribution in [3.8, 4) is 17.0 Å². The highest BCUT2D eigenvalue weighted by Crippen LogP contribution is 2.36. The largest absolute Gasteiger partial charge is 0.479 e. The first-order valence-corrected chi connectivity index (χ1v) is 12.0. The number of hydrogen-bond donors (Lipinski definition) is 1. The van der Waals surface area contributed by atoms with E-state index in [1.54, 1.807) is 4.90 Å². The SMILES string of the molecule is [2H]C1(N2CC[C@H](Nc3nc(OC)c4c(-c5cc(F)c6ncn(CC(F)F)c6c5)c(F)cn4n3)[C@@H](F)C2)COC1. The van der Waals surface area contributed by atoms with Crippen LogP contribution in [0.4, 0.5) is 27.9 Å². The van der Waals surface area contributed by atoms with Gasteiger partial charge in [-0.2, -0.15) is 4.98 Å². The first kappa shape index (κ1) is 23.6. The Morgan fingerprint density at radius 1 is 1.26 bits per heavy atom. The third-order valence-corrected chi connectivity index (χ3v) is 6.89. The topological polar surface area (TPSA) is 81.7 Å². The highest BCUT2D eigenvalue weighted by molar-refractivity contribution is 5.90. The molecule has 6 rings (SSSR count). The molecule has 3 aromatic heterocycles. The number of benzene rings is 1. The summed E-state index contributed by atoms with van der Waals surface area (Å²) in [6.07, 6.45) is -1.49. The van der Waals surface area contributed by atoms with E-state index in [1.165, 1.54) is 13.2 Å². The van der Waals surface area contributed by atoms with Gasteiger partial charge < -0.3 is 19.4 Å². The Balaban J connectivity index is 1.33. The lowest BCUT2D eigenvalue weighted by Crippen LogP contribution is -2.57. The number of piperidine rings is 1. The Morgan fingerprint density at radius 2 is 2.08 bits per heavy atom. The minimum Gasteiger partial charge on any atom is -0.479 e. The molecule has 0 aliphatic carbocycles. The van der Waals surface area contributed by atoms with Gasteiger partial charge in [-0.05, 0) is 24.1 Å². The highest BCUT2D eigenvalue weighted by atomic mass is 19.3. The second-order valence-corrected chi connectivity index (χ2v) is 9.26. The van der Waals surface area contributed by atoms with Gasteiger partial charge in [-0.15, -0.1) is 5.10 Å². The van der Waals surface area contributed by atoms with Crippen LogP contribution < -0.4 is 10.1 Å². The number of halogens is 5. The van der Waals surface area contributed by atoms with E-state index in [1.807, 2.05) is 0 Å². The van der Waals surface area contributed by atoms with E-state index < -0.39 is 42.8 Å². The summed E-state index contributed by atoms with van der Waals surface area (Å²) in [5.41, 5.74) is -0.00767. The zero-order chi connectivity index (χ0) is 27.5. The fraction of sp³-hybridized carbons (Fsp3) is 0.458. The highest BCUT2D eigenvalue weighted by Gasteiger charge is 2.36. The molecule has 2 atom stereocenters. The van der Waals surface area contributed by atoms with Crippen LogP contribution >= 0.6 is 0 Å². The molecule has 5 heterocycles. The van der Waals surface area contributed by atoms with Crippen LogP contribution in [-0.2, 0) is 11.3 Å². The van der Waals surface area contributed by atoms with Gasteiger partial charge in [0, 0.05) is 13.1 Å². The minimum atomic E-state index is -2.70. The summed E-state index contributed by atoms with van der Waals surface area (Å²) < 4.78 is 92.3. The number of fused-ring (bicyclic) bond motifs is 2. The number of rotatable bonds is 7. The van der Waals surface area contributed by atoms with E-state index in [0.717, 1.165) is 27.7 Å². The Morgan fingerprint density at radius 3 is 2.76 bits per heavy atom. The van der Waals surface area contributed by atoms with Gasteiger partial charge in [0.2, 0.25) is 11.8 Å². The summed E-state index contributed by atoms with van der Waals surface area (Å²) in [7, 11) is 1.31.